The van der Waals surface area contributed by atoms with Gasteiger partial charge in [0.2, 0.25) is 5.92 Å². The second-order valence-electron chi connectivity index (χ2n) is 9.89. The minimum atomic E-state index is -4.25. The zero-order valence-corrected chi connectivity index (χ0v) is 19.2. The predicted molar refractivity (Wildman–Crippen MR) is 124 cm³/mol. The second kappa shape index (κ2) is 8.67. The van der Waals surface area contributed by atoms with Crippen molar-refractivity contribution in [1.29, 1.82) is 0 Å². The van der Waals surface area contributed by atoms with Crippen molar-refractivity contribution in [2.45, 2.75) is 62.5 Å². The molecule has 2 heterocycles. The van der Waals surface area contributed by atoms with Crippen molar-refractivity contribution in [2.75, 3.05) is 0 Å². The Kier molecular flexibility index (Phi) is 5.88. The second-order valence-corrected chi connectivity index (χ2v) is 9.89. The molecule has 190 valence electrons. The summed E-state index contributed by atoms with van der Waals surface area (Å²) in [5.74, 6) is -5.44. The number of aromatic amines is 1. The van der Waals surface area contributed by atoms with Crippen molar-refractivity contribution in [3.63, 3.8) is 0 Å². The number of hydrogen-bond acceptors (Lipinski definition) is 3. The van der Waals surface area contributed by atoms with Crippen molar-refractivity contribution in [3.05, 3.63) is 63.6 Å². The summed E-state index contributed by atoms with van der Waals surface area (Å²) in [6.07, 6.45) is -2.85. The maximum absolute atomic E-state index is 13.5. The highest BCUT2D eigenvalue weighted by Gasteiger charge is 2.46. The first-order chi connectivity index (χ1) is 16.9. The molecule has 2 fully saturated rings. The number of nitrogens with zero attached hydrogens (tertiary/aromatic N) is 1. The summed E-state index contributed by atoms with van der Waals surface area (Å²) in [5.41, 5.74) is 7.57. The van der Waals surface area contributed by atoms with Crippen molar-refractivity contribution < 1.29 is 26.7 Å². The van der Waals surface area contributed by atoms with Crippen LogP contribution in [0.15, 0.2) is 41.3 Å². The molecular weight excluding hydrogens is 481 g/mol. The molecule has 10 heteroatoms. The van der Waals surface area contributed by atoms with E-state index in [1.54, 1.807) is 12.1 Å². The molecule has 3 N–H and O–H groups in total. The summed E-state index contributed by atoms with van der Waals surface area (Å²) in [5, 5.41) is 0.0503. The summed E-state index contributed by atoms with van der Waals surface area (Å²) in [7, 11) is 0. The summed E-state index contributed by atoms with van der Waals surface area (Å²) >= 11 is 0. The van der Waals surface area contributed by atoms with Crippen LogP contribution in [0, 0.1) is 5.92 Å². The highest BCUT2D eigenvalue weighted by Crippen LogP contribution is 2.50. The van der Waals surface area contributed by atoms with Crippen LogP contribution in [0.5, 0.6) is 0 Å². The monoisotopic (exact) mass is 505 g/mol. The lowest BCUT2D eigenvalue weighted by atomic mass is 9.73. The van der Waals surface area contributed by atoms with Crippen LogP contribution in [0.3, 0.4) is 0 Å². The van der Waals surface area contributed by atoms with Gasteiger partial charge in [0.1, 0.15) is 5.69 Å². The molecule has 2 aliphatic carbocycles. The van der Waals surface area contributed by atoms with Crippen LogP contribution in [0.1, 0.15) is 72.0 Å². The normalized spacial score (nSPS) is 22.4. The van der Waals surface area contributed by atoms with E-state index >= 15 is 0 Å². The van der Waals surface area contributed by atoms with Crippen LogP contribution >= 0.6 is 0 Å². The van der Waals surface area contributed by atoms with Gasteiger partial charge in [-0.2, -0.15) is 13.2 Å². The largest absolute Gasteiger partial charge is 0.391 e. The minimum Gasteiger partial charge on any atom is -0.364 e. The van der Waals surface area contributed by atoms with Crippen LogP contribution in [-0.4, -0.2) is 28.0 Å². The lowest BCUT2D eigenvalue weighted by molar-refractivity contribution is -0.182. The standard InChI is InChI=1S/C26H24F5N3O2/c27-25(28)11-15(12-25)14-3-6-17(18(9-14)13-1-4-16(5-2-13)26(29,30)31)20-10-21(35)22-19(34-20)7-8-33-23(22)24(32)36/h3,6-10,13,15-16H,1-2,4-5,11-12H2,(H2,32,36)(H,34,35)/t13-,16+. The number of pyridine rings is 2. The summed E-state index contributed by atoms with van der Waals surface area (Å²) < 4.78 is 66.8. The topological polar surface area (TPSA) is 88.8 Å². The molecule has 0 saturated heterocycles. The predicted octanol–water partition coefficient (Wildman–Crippen LogP) is 6.04. The van der Waals surface area contributed by atoms with Crippen molar-refractivity contribution in [1.82, 2.24) is 9.97 Å². The Morgan fingerprint density at radius 2 is 1.72 bits per heavy atom. The SMILES string of the molecule is NC(=O)c1nccc2[nH]c(-c3ccc(C4CC(F)(F)C4)cc3[C@H]3CC[C@@H](C(F)(F)F)CC3)cc(=O)c12. The van der Waals surface area contributed by atoms with Crippen LogP contribution < -0.4 is 11.2 Å². The average Bonchev–Trinajstić information content (AvgIpc) is 2.81. The Balaban J connectivity index is 1.58. The zero-order valence-electron chi connectivity index (χ0n) is 19.2. The van der Waals surface area contributed by atoms with E-state index < -0.39 is 29.4 Å². The van der Waals surface area contributed by atoms with E-state index in [1.807, 2.05) is 6.07 Å². The molecule has 2 aliphatic rings. The third-order valence-electron chi connectivity index (χ3n) is 7.53. The molecule has 2 saturated carbocycles. The molecule has 1 aromatic carbocycles. The van der Waals surface area contributed by atoms with E-state index in [2.05, 4.69) is 9.97 Å². The minimum absolute atomic E-state index is 0.0127. The van der Waals surface area contributed by atoms with Crippen LogP contribution in [-0.2, 0) is 0 Å². The smallest absolute Gasteiger partial charge is 0.364 e. The molecule has 5 nitrogen and oxygen atoms in total. The van der Waals surface area contributed by atoms with E-state index in [0.29, 0.717) is 29.6 Å². The number of aromatic nitrogens is 2. The fourth-order valence-electron chi connectivity index (χ4n) is 5.58. The van der Waals surface area contributed by atoms with Gasteiger partial charge in [0.05, 0.1) is 16.8 Å². The van der Waals surface area contributed by atoms with Gasteiger partial charge in [-0.15, -0.1) is 0 Å². The molecule has 36 heavy (non-hydrogen) atoms. The first kappa shape index (κ1) is 24.4. The number of rotatable bonds is 4. The van der Waals surface area contributed by atoms with Gasteiger partial charge < -0.3 is 10.7 Å². The molecular formula is C26H24F5N3O2. The average molecular weight is 505 g/mol. The van der Waals surface area contributed by atoms with Gasteiger partial charge in [0.15, 0.2) is 5.43 Å². The summed E-state index contributed by atoms with van der Waals surface area (Å²) in [6, 6.07) is 8.14. The fraction of sp³-hybridized carbons (Fsp3) is 0.423. The lowest BCUT2D eigenvalue weighted by Gasteiger charge is -2.36. The van der Waals surface area contributed by atoms with Crippen LogP contribution in [0.25, 0.3) is 22.2 Å². The number of carbonyl (C=O) groups is 1. The van der Waals surface area contributed by atoms with E-state index in [4.69, 9.17) is 5.73 Å². The lowest BCUT2D eigenvalue weighted by Crippen LogP contribution is -2.33. The number of primary amides is 1. The summed E-state index contributed by atoms with van der Waals surface area (Å²) in [6.45, 7) is 0. The van der Waals surface area contributed by atoms with E-state index in [0.717, 1.165) is 11.1 Å². The molecule has 2 aromatic heterocycles. The third kappa shape index (κ3) is 4.49. The third-order valence-corrected chi connectivity index (χ3v) is 7.53. The van der Waals surface area contributed by atoms with Crippen molar-refractivity contribution in [3.8, 4) is 11.3 Å². The van der Waals surface area contributed by atoms with E-state index in [1.165, 1.54) is 18.3 Å². The molecule has 1 amide bonds. The first-order valence-electron chi connectivity index (χ1n) is 11.8. The summed E-state index contributed by atoms with van der Waals surface area (Å²) in [4.78, 5) is 31.7. The molecule has 0 spiro atoms. The van der Waals surface area contributed by atoms with Gasteiger partial charge >= 0.3 is 6.18 Å². The number of fused-ring (bicyclic) bond motifs is 1. The number of H-pyrrole nitrogens is 1. The Hall–Kier alpha value is -3.30. The first-order valence-corrected chi connectivity index (χ1v) is 11.8. The highest BCUT2D eigenvalue weighted by molar-refractivity contribution is 6.03. The molecule has 5 rings (SSSR count). The number of hydrogen-bond donors (Lipinski definition) is 2. The Labute approximate surface area is 202 Å². The van der Waals surface area contributed by atoms with Gasteiger partial charge in [-0.05, 0) is 54.7 Å². The Morgan fingerprint density at radius 3 is 2.33 bits per heavy atom. The van der Waals surface area contributed by atoms with Crippen LogP contribution in [0.4, 0.5) is 22.0 Å². The molecule has 0 radical (unpaired) electrons. The van der Waals surface area contributed by atoms with Gasteiger partial charge in [-0.1, -0.05) is 18.2 Å². The quantitative estimate of drug-likeness (QED) is 0.424. The fourth-order valence-corrected chi connectivity index (χ4v) is 5.58. The molecule has 0 aliphatic heterocycles. The van der Waals surface area contributed by atoms with Crippen molar-refractivity contribution in [2.24, 2.45) is 11.7 Å². The van der Waals surface area contributed by atoms with Gasteiger partial charge in [-0.3, -0.25) is 14.6 Å². The number of nitrogens with one attached hydrogen (secondary N) is 1. The van der Waals surface area contributed by atoms with Gasteiger partial charge in [-0.25, -0.2) is 8.78 Å². The number of nitrogens with two attached hydrogens (primary N) is 1. The van der Waals surface area contributed by atoms with E-state index in [-0.39, 0.29) is 48.6 Å². The number of alkyl halides is 5. The maximum Gasteiger partial charge on any atom is 0.391 e. The van der Waals surface area contributed by atoms with Crippen molar-refractivity contribution >= 4 is 16.8 Å². The molecule has 0 bridgehead atoms. The van der Waals surface area contributed by atoms with E-state index in [9.17, 15) is 31.5 Å². The molecule has 0 atom stereocenters. The number of halogens is 5. The van der Waals surface area contributed by atoms with Crippen LogP contribution in [0.2, 0.25) is 0 Å². The molecule has 3 aromatic rings. The number of amides is 1. The Bertz CT molecular complexity index is 1380. The maximum atomic E-state index is 13.5. The zero-order chi connectivity index (χ0) is 25.8. The Morgan fingerprint density at radius 1 is 1.03 bits per heavy atom. The number of benzene rings is 1. The number of carbonyl (C=O) groups excluding carboxylic acids is 1. The molecule has 0 unspecified atom stereocenters. The van der Waals surface area contributed by atoms with Gasteiger partial charge in [0, 0.05) is 36.4 Å². The highest BCUT2D eigenvalue weighted by atomic mass is 19.4. The van der Waals surface area contributed by atoms with Gasteiger partial charge in [0.25, 0.3) is 5.91 Å².